The first-order valence-electron chi connectivity index (χ1n) is 7.77. The number of hydrogen-bond donors (Lipinski definition) is 2. The van der Waals surface area contributed by atoms with Crippen molar-refractivity contribution in [3.8, 4) is 0 Å². The highest BCUT2D eigenvalue weighted by molar-refractivity contribution is 8.00. The van der Waals surface area contributed by atoms with E-state index >= 15 is 0 Å². The van der Waals surface area contributed by atoms with Crippen molar-refractivity contribution in [1.29, 1.82) is 0 Å². The Morgan fingerprint density at radius 2 is 1.76 bits per heavy atom. The van der Waals surface area contributed by atoms with Crippen molar-refractivity contribution in [3.05, 3.63) is 53.1 Å². The summed E-state index contributed by atoms with van der Waals surface area (Å²) in [6.07, 6.45) is 0. The lowest BCUT2D eigenvalue weighted by Crippen LogP contribution is -2.20. The van der Waals surface area contributed by atoms with Crippen LogP contribution in [0.4, 0.5) is 5.69 Å². The van der Waals surface area contributed by atoms with Gasteiger partial charge in [0, 0.05) is 10.6 Å². The Balaban J connectivity index is 2.07. The summed E-state index contributed by atoms with van der Waals surface area (Å²) in [5, 5.41) is 2.75. The van der Waals surface area contributed by atoms with E-state index in [1.165, 1.54) is 30.4 Å². The second kappa shape index (κ2) is 8.03. The van der Waals surface area contributed by atoms with Crippen LogP contribution in [0.3, 0.4) is 0 Å². The van der Waals surface area contributed by atoms with Gasteiger partial charge in [-0.3, -0.25) is 4.79 Å². The van der Waals surface area contributed by atoms with Gasteiger partial charge in [0.05, 0.1) is 10.6 Å². The molecule has 25 heavy (non-hydrogen) atoms. The predicted octanol–water partition coefficient (Wildman–Crippen LogP) is 3.25. The van der Waals surface area contributed by atoms with Crippen LogP contribution in [0.2, 0.25) is 0 Å². The Hall–Kier alpha value is -1.83. The first kappa shape index (κ1) is 19.5. The molecule has 0 aromatic heterocycles. The molecule has 1 amide bonds. The number of aryl methyl sites for hydroxylation is 3. The highest BCUT2D eigenvalue weighted by Gasteiger charge is 2.16. The molecule has 134 valence electrons. The summed E-state index contributed by atoms with van der Waals surface area (Å²) in [7, 11) is -2.20. The van der Waals surface area contributed by atoms with Crippen LogP contribution < -0.4 is 10.0 Å². The van der Waals surface area contributed by atoms with Gasteiger partial charge in [-0.25, -0.2) is 13.1 Å². The minimum atomic E-state index is -3.56. The van der Waals surface area contributed by atoms with Gasteiger partial charge in [-0.05, 0) is 57.1 Å². The third-order valence-corrected chi connectivity index (χ3v) is 6.45. The van der Waals surface area contributed by atoms with Crippen LogP contribution in [0.1, 0.15) is 16.7 Å². The quantitative estimate of drug-likeness (QED) is 0.757. The van der Waals surface area contributed by atoms with E-state index in [0.29, 0.717) is 11.3 Å². The molecule has 0 aliphatic heterocycles. The van der Waals surface area contributed by atoms with E-state index < -0.39 is 10.0 Å². The summed E-state index contributed by atoms with van der Waals surface area (Å²) < 4.78 is 26.3. The molecule has 2 rings (SSSR count). The normalized spacial score (nSPS) is 11.4. The number of nitrogens with one attached hydrogen (secondary N) is 2. The summed E-state index contributed by atoms with van der Waals surface area (Å²) in [6, 6.07) is 10.9. The molecular formula is C18H22N2O3S2. The SMILES string of the molecule is CNS(=O)(=O)c1cc(NC(=O)CSc2ccc(C)cc2C)ccc1C. The molecule has 5 nitrogen and oxygen atoms in total. The van der Waals surface area contributed by atoms with Crippen LogP contribution in [0.5, 0.6) is 0 Å². The van der Waals surface area contributed by atoms with Gasteiger partial charge >= 0.3 is 0 Å². The molecule has 0 atom stereocenters. The van der Waals surface area contributed by atoms with E-state index in [0.717, 1.165) is 10.5 Å². The first-order valence-corrected chi connectivity index (χ1v) is 10.2. The number of sulfonamides is 1. The number of hydrogen-bond acceptors (Lipinski definition) is 4. The number of benzene rings is 2. The molecular weight excluding hydrogens is 356 g/mol. The summed E-state index contributed by atoms with van der Waals surface area (Å²) in [5.41, 5.74) is 3.41. The van der Waals surface area contributed by atoms with E-state index in [4.69, 9.17) is 0 Å². The monoisotopic (exact) mass is 378 g/mol. The van der Waals surface area contributed by atoms with Gasteiger partial charge in [-0.1, -0.05) is 23.8 Å². The highest BCUT2D eigenvalue weighted by Crippen LogP contribution is 2.24. The van der Waals surface area contributed by atoms with E-state index in [1.54, 1.807) is 19.1 Å². The summed E-state index contributed by atoms with van der Waals surface area (Å²) in [4.78, 5) is 13.4. The number of thioether (sulfide) groups is 1. The first-order chi connectivity index (χ1) is 11.7. The molecule has 0 heterocycles. The zero-order valence-corrected chi connectivity index (χ0v) is 16.3. The van der Waals surface area contributed by atoms with E-state index in [-0.39, 0.29) is 16.6 Å². The van der Waals surface area contributed by atoms with Crippen molar-refractivity contribution in [2.45, 2.75) is 30.6 Å². The Bertz CT molecular complexity index is 893. The van der Waals surface area contributed by atoms with Crippen molar-refractivity contribution >= 4 is 33.4 Å². The largest absolute Gasteiger partial charge is 0.325 e. The van der Waals surface area contributed by atoms with Crippen molar-refractivity contribution in [2.24, 2.45) is 0 Å². The Morgan fingerprint density at radius 1 is 1.04 bits per heavy atom. The van der Waals surface area contributed by atoms with E-state index in [2.05, 4.69) is 16.1 Å². The third-order valence-electron chi connectivity index (χ3n) is 3.72. The fraction of sp³-hybridized carbons (Fsp3) is 0.278. The highest BCUT2D eigenvalue weighted by atomic mass is 32.2. The van der Waals surface area contributed by atoms with Crippen LogP contribution in [0.25, 0.3) is 0 Å². The van der Waals surface area contributed by atoms with Gasteiger partial charge in [0.1, 0.15) is 0 Å². The predicted molar refractivity (Wildman–Crippen MR) is 103 cm³/mol. The lowest BCUT2D eigenvalue weighted by Gasteiger charge is -2.11. The van der Waals surface area contributed by atoms with Crippen molar-refractivity contribution < 1.29 is 13.2 Å². The van der Waals surface area contributed by atoms with Gasteiger partial charge < -0.3 is 5.32 Å². The molecule has 0 unspecified atom stereocenters. The van der Waals surface area contributed by atoms with Gasteiger partial charge in [-0.2, -0.15) is 0 Å². The second-order valence-electron chi connectivity index (χ2n) is 5.79. The molecule has 0 aliphatic rings. The van der Waals surface area contributed by atoms with E-state index in [1.807, 2.05) is 26.0 Å². The van der Waals surface area contributed by atoms with Crippen molar-refractivity contribution in [3.63, 3.8) is 0 Å². The molecule has 7 heteroatoms. The number of carbonyl (C=O) groups excluding carboxylic acids is 1. The average Bonchev–Trinajstić information content (AvgIpc) is 2.55. The lowest BCUT2D eigenvalue weighted by molar-refractivity contribution is -0.113. The molecule has 0 fully saturated rings. The molecule has 0 saturated carbocycles. The Labute approximate surface area is 153 Å². The summed E-state index contributed by atoms with van der Waals surface area (Å²) in [6.45, 7) is 5.76. The second-order valence-corrected chi connectivity index (χ2v) is 8.67. The van der Waals surface area contributed by atoms with Gasteiger partial charge in [0.2, 0.25) is 15.9 Å². The van der Waals surface area contributed by atoms with E-state index in [9.17, 15) is 13.2 Å². The number of amides is 1. The molecule has 0 saturated heterocycles. The zero-order chi connectivity index (χ0) is 18.6. The smallest absolute Gasteiger partial charge is 0.240 e. The fourth-order valence-corrected chi connectivity index (χ4v) is 4.18. The van der Waals surface area contributed by atoms with Crippen LogP contribution in [0, 0.1) is 20.8 Å². The minimum absolute atomic E-state index is 0.162. The van der Waals surface area contributed by atoms with Crippen molar-refractivity contribution in [1.82, 2.24) is 4.72 Å². The summed E-state index contributed by atoms with van der Waals surface area (Å²) in [5.74, 6) is 0.0768. The topological polar surface area (TPSA) is 75.3 Å². The number of carbonyl (C=O) groups is 1. The number of rotatable bonds is 6. The molecule has 2 aromatic rings. The summed E-state index contributed by atoms with van der Waals surface area (Å²) >= 11 is 1.46. The molecule has 0 aliphatic carbocycles. The number of anilines is 1. The molecule has 0 spiro atoms. The maximum atomic E-state index is 12.2. The average molecular weight is 379 g/mol. The standard InChI is InChI=1S/C18H22N2O3S2/c1-12-5-8-16(14(3)9-12)24-11-18(21)20-15-7-6-13(2)17(10-15)25(22,23)19-4/h5-10,19H,11H2,1-4H3,(H,20,21). The minimum Gasteiger partial charge on any atom is -0.325 e. The van der Waals surface area contributed by atoms with Gasteiger partial charge in [-0.15, -0.1) is 11.8 Å². The Kier molecular flexibility index (Phi) is 6.26. The third kappa shape index (κ3) is 5.07. The van der Waals surface area contributed by atoms with Crippen LogP contribution >= 0.6 is 11.8 Å². The maximum Gasteiger partial charge on any atom is 0.240 e. The van der Waals surface area contributed by atoms with Crippen LogP contribution in [-0.4, -0.2) is 27.1 Å². The lowest BCUT2D eigenvalue weighted by atomic mass is 10.2. The maximum absolute atomic E-state index is 12.2. The molecule has 0 radical (unpaired) electrons. The van der Waals surface area contributed by atoms with Crippen LogP contribution in [0.15, 0.2) is 46.2 Å². The zero-order valence-electron chi connectivity index (χ0n) is 14.7. The molecule has 0 bridgehead atoms. The van der Waals surface area contributed by atoms with Gasteiger partial charge in [0.15, 0.2) is 0 Å². The molecule has 2 aromatic carbocycles. The Morgan fingerprint density at radius 3 is 2.40 bits per heavy atom. The molecule has 2 N–H and O–H groups in total. The fourth-order valence-electron chi connectivity index (χ4n) is 2.38. The van der Waals surface area contributed by atoms with Gasteiger partial charge in [0.25, 0.3) is 0 Å². The van der Waals surface area contributed by atoms with Crippen LogP contribution in [-0.2, 0) is 14.8 Å². The van der Waals surface area contributed by atoms with Crippen molar-refractivity contribution in [2.75, 3.05) is 18.1 Å².